The van der Waals surface area contributed by atoms with E-state index in [-0.39, 0.29) is 23.0 Å². The molecule has 2 bridgehead atoms. The maximum absolute atomic E-state index is 5.82. The molecule has 3 nitrogen and oxygen atoms in total. The van der Waals surface area contributed by atoms with Gasteiger partial charge in [0, 0.05) is 26.0 Å². The Morgan fingerprint density at radius 2 is 2.38 bits per heavy atom. The summed E-state index contributed by atoms with van der Waals surface area (Å²) in [6.45, 7) is 0.558. The summed E-state index contributed by atoms with van der Waals surface area (Å²) in [6, 6.07) is -0.209. The van der Waals surface area contributed by atoms with Crippen LogP contribution in [0.1, 0.15) is 0 Å². The van der Waals surface area contributed by atoms with Crippen molar-refractivity contribution < 1.29 is 14.2 Å². The minimum Gasteiger partial charge on any atom is -0.382 e. The van der Waals surface area contributed by atoms with E-state index in [2.05, 4.69) is 0 Å². The third kappa shape index (κ3) is 1.33. The van der Waals surface area contributed by atoms with E-state index in [0.29, 0.717) is 6.61 Å². The second-order valence-corrected chi connectivity index (χ2v) is 4.68. The molecular weight excluding hydrogens is 187 g/mol. The molecule has 2 aliphatic heterocycles. The second-order valence-electron chi connectivity index (χ2n) is 3.51. The monoisotopic (exact) mass is 200 g/mol. The summed E-state index contributed by atoms with van der Waals surface area (Å²) in [6.07, 6.45) is 0.0763. The van der Waals surface area contributed by atoms with E-state index in [1.54, 1.807) is 14.2 Å². The molecule has 2 aliphatic rings. The molecule has 13 heavy (non-hydrogen) atoms. The van der Waals surface area contributed by atoms with Crippen molar-refractivity contribution in [2.75, 3.05) is 26.6 Å². The Hall–Kier alpha value is 0.295. The van der Waals surface area contributed by atoms with Crippen LogP contribution in [0.2, 0.25) is 0 Å². The minimum absolute atomic E-state index is 0.0763. The molecule has 0 aromatic carbocycles. The van der Waals surface area contributed by atoms with Crippen LogP contribution in [0.25, 0.3) is 0 Å². The first kappa shape index (κ1) is 9.83. The molecule has 2 rings (SSSR count). The van der Waals surface area contributed by atoms with E-state index < -0.39 is 0 Å². The highest BCUT2D eigenvalue weighted by atomic mass is 32.2. The standard InChI is InChI=1S/C8H13BO3S/c1-10-3-8-4-13-5(6(8)11-2)7(9)12-8/h5-7H,3-4H2,1-2H3. The SMILES string of the molecule is [B]C1OC2(COC)CSC1C2OC. The summed E-state index contributed by atoms with van der Waals surface area (Å²) in [5.74, 6) is 0.914. The van der Waals surface area contributed by atoms with Gasteiger partial charge in [-0.1, -0.05) is 0 Å². The van der Waals surface area contributed by atoms with Gasteiger partial charge in [0.15, 0.2) is 0 Å². The number of rotatable bonds is 3. The van der Waals surface area contributed by atoms with Gasteiger partial charge in [0.1, 0.15) is 19.6 Å². The maximum Gasteiger partial charge on any atom is 0.127 e. The fraction of sp³-hybridized carbons (Fsp3) is 1.00. The largest absolute Gasteiger partial charge is 0.382 e. The molecule has 2 radical (unpaired) electrons. The zero-order valence-electron chi connectivity index (χ0n) is 7.86. The highest BCUT2D eigenvalue weighted by molar-refractivity contribution is 8.00. The van der Waals surface area contributed by atoms with Gasteiger partial charge < -0.3 is 14.2 Å². The Morgan fingerprint density at radius 1 is 1.62 bits per heavy atom. The van der Waals surface area contributed by atoms with Crippen LogP contribution in [0.3, 0.4) is 0 Å². The van der Waals surface area contributed by atoms with Crippen molar-refractivity contribution >= 4 is 19.6 Å². The molecule has 5 heteroatoms. The van der Waals surface area contributed by atoms with E-state index in [0.717, 1.165) is 5.75 Å². The molecular formula is C8H13BO3S. The number of ether oxygens (including phenoxy) is 3. The van der Waals surface area contributed by atoms with Gasteiger partial charge in [0.05, 0.1) is 11.9 Å². The summed E-state index contributed by atoms with van der Waals surface area (Å²) < 4.78 is 16.3. The molecule has 0 amide bonds. The first-order chi connectivity index (χ1) is 6.23. The third-order valence-electron chi connectivity index (χ3n) is 2.67. The molecule has 2 saturated heterocycles. The molecule has 0 aromatic rings. The summed E-state index contributed by atoms with van der Waals surface area (Å²) >= 11 is 1.82. The molecule has 0 aromatic heterocycles. The molecule has 72 valence electrons. The Kier molecular flexibility index (Phi) is 2.62. The maximum atomic E-state index is 5.82. The van der Waals surface area contributed by atoms with E-state index in [9.17, 15) is 0 Å². The van der Waals surface area contributed by atoms with E-state index in [4.69, 9.17) is 22.1 Å². The first-order valence-corrected chi connectivity index (χ1v) is 5.35. The normalized spacial score (nSPS) is 48.6. The zero-order valence-corrected chi connectivity index (χ0v) is 8.67. The van der Waals surface area contributed by atoms with Crippen LogP contribution in [0, 0.1) is 0 Å². The predicted octanol–water partition coefficient (Wildman–Crippen LogP) is 0.0268. The fourth-order valence-electron chi connectivity index (χ4n) is 2.16. The number of methoxy groups -OCH3 is 2. The Bertz CT molecular complexity index is 204. The topological polar surface area (TPSA) is 27.7 Å². The molecule has 0 saturated carbocycles. The van der Waals surface area contributed by atoms with E-state index in [1.807, 2.05) is 11.8 Å². The summed E-state index contributed by atoms with van der Waals surface area (Å²) in [7, 11) is 9.20. The molecule has 4 unspecified atom stereocenters. The van der Waals surface area contributed by atoms with Crippen molar-refractivity contribution in [3.63, 3.8) is 0 Å². The number of thioether (sulfide) groups is 1. The number of hydrogen-bond acceptors (Lipinski definition) is 4. The first-order valence-electron chi connectivity index (χ1n) is 4.30. The fourth-order valence-corrected chi connectivity index (χ4v) is 3.73. The van der Waals surface area contributed by atoms with Crippen molar-refractivity contribution in [2.24, 2.45) is 0 Å². The highest BCUT2D eigenvalue weighted by Crippen LogP contribution is 2.48. The van der Waals surface area contributed by atoms with Crippen molar-refractivity contribution in [3.05, 3.63) is 0 Å². The quantitative estimate of drug-likeness (QED) is 0.600. The van der Waals surface area contributed by atoms with Crippen LogP contribution >= 0.6 is 11.8 Å². The van der Waals surface area contributed by atoms with E-state index >= 15 is 0 Å². The molecule has 0 N–H and O–H groups in total. The van der Waals surface area contributed by atoms with Crippen molar-refractivity contribution in [3.8, 4) is 0 Å². The lowest BCUT2D eigenvalue weighted by atomic mass is 9.93. The van der Waals surface area contributed by atoms with Crippen LogP contribution in [0.15, 0.2) is 0 Å². The number of fused-ring (bicyclic) bond motifs is 2. The Morgan fingerprint density at radius 3 is 2.92 bits per heavy atom. The lowest BCUT2D eigenvalue weighted by Crippen LogP contribution is -2.45. The average Bonchev–Trinajstić information content (AvgIpc) is 2.55. The van der Waals surface area contributed by atoms with Gasteiger partial charge in [0.2, 0.25) is 0 Å². The van der Waals surface area contributed by atoms with Gasteiger partial charge in [-0.3, -0.25) is 0 Å². The van der Waals surface area contributed by atoms with Gasteiger partial charge in [0.25, 0.3) is 0 Å². The minimum atomic E-state index is -0.307. The second kappa shape index (κ2) is 3.46. The van der Waals surface area contributed by atoms with Gasteiger partial charge in [-0.2, -0.15) is 11.8 Å². The number of hydrogen-bond donors (Lipinski definition) is 0. The van der Waals surface area contributed by atoms with Crippen LogP contribution in [-0.4, -0.2) is 57.4 Å². The summed E-state index contributed by atoms with van der Waals surface area (Å²) in [5.41, 5.74) is -0.307. The molecule has 2 heterocycles. The van der Waals surface area contributed by atoms with Crippen molar-refractivity contribution in [1.82, 2.24) is 0 Å². The highest BCUT2D eigenvalue weighted by Gasteiger charge is 2.59. The zero-order chi connectivity index (χ0) is 9.47. The van der Waals surface area contributed by atoms with E-state index in [1.165, 1.54) is 0 Å². The molecule has 4 atom stereocenters. The van der Waals surface area contributed by atoms with Crippen LogP contribution in [-0.2, 0) is 14.2 Å². The Labute approximate surface area is 83.9 Å². The molecule has 0 spiro atoms. The van der Waals surface area contributed by atoms with Crippen molar-refractivity contribution in [1.29, 1.82) is 0 Å². The predicted molar refractivity (Wildman–Crippen MR) is 52.3 cm³/mol. The van der Waals surface area contributed by atoms with Crippen LogP contribution in [0.5, 0.6) is 0 Å². The van der Waals surface area contributed by atoms with Crippen LogP contribution < -0.4 is 0 Å². The van der Waals surface area contributed by atoms with Crippen molar-refractivity contribution in [2.45, 2.75) is 23.0 Å². The molecule has 0 aliphatic carbocycles. The summed E-state index contributed by atoms with van der Waals surface area (Å²) in [5, 5.41) is 0.264. The van der Waals surface area contributed by atoms with Gasteiger partial charge >= 0.3 is 0 Å². The lowest BCUT2D eigenvalue weighted by Gasteiger charge is -2.30. The van der Waals surface area contributed by atoms with Gasteiger partial charge in [-0.15, -0.1) is 0 Å². The van der Waals surface area contributed by atoms with Gasteiger partial charge in [-0.25, -0.2) is 0 Å². The Balaban J connectivity index is 2.17. The summed E-state index contributed by atoms with van der Waals surface area (Å²) in [4.78, 5) is 0. The average molecular weight is 200 g/mol. The van der Waals surface area contributed by atoms with Crippen LogP contribution in [0.4, 0.5) is 0 Å². The molecule has 2 fully saturated rings. The smallest absolute Gasteiger partial charge is 0.127 e. The van der Waals surface area contributed by atoms with Gasteiger partial charge in [-0.05, 0) is 0 Å². The third-order valence-corrected chi connectivity index (χ3v) is 4.23. The lowest BCUT2D eigenvalue weighted by molar-refractivity contribution is -0.0981.